The molecule has 4 nitrogen and oxygen atoms in total. The summed E-state index contributed by atoms with van der Waals surface area (Å²) in [7, 11) is 0. The van der Waals surface area contributed by atoms with Crippen LogP contribution in [0.1, 0.15) is 28.4 Å². The molecule has 1 aromatic heterocycles. The SMILES string of the molecule is N#Cc1cccc(C2=NC(c3ccccc3)NC(c3cccc4sc5ccc(-c6cccc(-c7cccc(-c8ccccc8)c7)c6)cc5c34)=N2)c1. The molecule has 1 unspecified atom stereocenters. The van der Waals surface area contributed by atoms with Gasteiger partial charge >= 0.3 is 0 Å². The Bertz CT molecular complexity index is 2680. The molecule has 51 heavy (non-hydrogen) atoms. The van der Waals surface area contributed by atoms with Crippen LogP contribution in [-0.4, -0.2) is 11.7 Å². The standard InChI is InChI=1S/C46H30N4S/c47-29-30-11-7-20-38(25-30)45-48-44(32-14-5-2-6-15-32)49-46(50-45)39-21-10-22-42-43(39)40-28-37(23-24-41(40)51-42)36-19-9-18-35(27-36)34-17-8-16-33(26-34)31-12-3-1-4-13-31/h1-28,44H,(H,48,49,50). The van der Waals surface area contributed by atoms with E-state index in [1.54, 1.807) is 17.4 Å². The molecule has 1 aliphatic heterocycles. The Morgan fingerprint density at radius 1 is 0.529 bits per heavy atom. The maximum atomic E-state index is 9.61. The monoisotopic (exact) mass is 670 g/mol. The van der Waals surface area contributed by atoms with Crippen molar-refractivity contribution in [2.24, 2.45) is 9.98 Å². The fourth-order valence-electron chi connectivity index (χ4n) is 6.84. The summed E-state index contributed by atoms with van der Waals surface area (Å²) in [6.07, 6.45) is -0.335. The highest BCUT2D eigenvalue weighted by Crippen LogP contribution is 2.39. The highest BCUT2D eigenvalue weighted by molar-refractivity contribution is 7.25. The Labute approximate surface area is 300 Å². The van der Waals surface area contributed by atoms with Crippen LogP contribution in [0.3, 0.4) is 0 Å². The molecule has 5 heteroatoms. The molecule has 0 fully saturated rings. The number of nitriles is 1. The smallest absolute Gasteiger partial charge is 0.159 e. The van der Waals surface area contributed by atoms with Crippen LogP contribution in [0.15, 0.2) is 180 Å². The van der Waals surface area contributed by atoms with Crippen LogP contribution < -0.4 is 5.32 Å². The number of rotatable bonds is 6. The van der Waals surface area contributed by atoms with Crippen molar-refractivity contribution >= 4 is 43.2 Å². The largest absolute Gasteiger partial charge is 0.344 e. The summed E-state index contributed by atoms with van der Waals surface area (Å²) in [5, 5.41) is 15.6. The summed E-state index contributed by atoms with van der Waals surface area (Å²) in [5.41, 5.74) is 10.6. The van der Waals surface area contributed by atoms with E-state index in [4.69, 9.17) is 9.98 Å². The average molecular weight is 671 g/mol. The van der Waals surface area contributed by atoms with Gasteiger partial charge in [0, 0.05) is 31.3 Å². The fraction of sp³-hybridized carbons (Fsp3) is 0.0217. The highest BCUT2D eigenvalue weighted by Gasteiger charge is 2.23. The quantitative estimate of drug-likeness (QED) is 0.191. The minimum absolute atomic E-state index is 0.335. The zero-order valence-corrected chi connectivity index (χ0v) is 28.3. The molecular weight excluding hydrogens is 641 g/mol. The lowest BCUT2D eigenvalue weighted by Crippen LogP contribution is -2.33. The second-order valence-electron chi connectivity index (χ2n) is 12.6. The lowest BCUT2D eigenvalue weighted by atomic mass is 9.95. The van der Waals surface area contributed by atoms with Crippen LogP contribution >= 0.6 is 11.3 Å². The van der Waals surface area contributed by atoms with E-state index in [-0.39, 0.29) is 6.17 Å². The van der Waals surface area contributed by atoms with Crippen LogP contribution in [0, 0.1) is 11.3 Å². The first-order valence-electron chi connectivity index (χ1n) is 16.9. The molecule has 0 spiro atoms. The van der Waals surface area contributed by atoms with Crippen molar-refractivity contribution in [2.75, 3.05) is 0 Å². The van der Waals surface area contributed by atoms with Gasteiger partial charge in [0.25, 0.3) is 0 Å². The molecule has 240 valence electrons. The van der Waals surface area contributed by atoms with E-state index >= 15 is 0 Å². The van der Waals surface area contributed by atoms with Gasteiger partial charge in [0.05, 0.1) is 11.6 Å². The molecule has 9 rings (SSSR count). The van der Waals surface area contributed by atoms with Crippen molar-refractivity contribution < 1.29 is 0 Å². The average Bonchev–Trinajstić information content (AvgIpc) is 3.60. The third-order valence-electron chi connectivity index (χ3n) is 9.36. The van der Waals surface area contributed by atoms with E-state index in [0.717, 1.165) is 33.5 Å². The van der Waals surface area contributed by atoms with Crippen molar-refractivity contribution in [3.05, 3.63) is 192 Å². The van der Waals surface area contributed by atoms with E-state index < -0.39 is 0 Å². The Hall–Kier alpha value is -6.61. The second-order valence-corrected chi connectivity index (χ2v) is 13.7. The van der Waals surface area contributed by atoms with Gasteiger partial charge in [0.15, 0.2) is 5.84 Å². The van der Waals surface area contributed by atoms with Gasteiger partial charge in [0.1, 0.15) is 12.0 Å². The number of hydrogen-bond acceptors (Lipinski definition) is 5. The van der Waals surface area contributed by atoms with Crippen molar-refractivity contribution in [3.63, 3.8) is 0 Å². The molecule has 8 aromatic rings. The Balaban J connectivity index is 1.14. The summed E-state index contributed by atoms with van der Waals surface area (Å²) < 4.78 is 2.42. The Morgan fingerprint density at radius 2 is 1.14 bits per heavy atom. The summed E-state index contributed by atoms with van der Waals surface area (Å²) in [5.74, 6) is 1.35. The van der Waals surface area contributed by atoms with Gasteiger partial charge < -0.3 is 5.32 Å². The van der Waals surface area contributed by atoms with Crippen molar-refractivity contribution in [2.45, 2.75) is 6.17 Å². The lowest BCUT2D eigenvalue weighted by Gasteiger charge is -2.24. The zero-order chi connectivity index (χ0) is 34.1. The fourth-order valence-corrected chi connectivity index (χ4v) is 7.95. The summed E-state index contributed by atoms with van der Waals surface area (Å²) in [6, 6.07) is 61.3. The maximum absolute atomic E-state index is 9.61. The number of nitrogens with zero attached hydrogens (tertiary/aromatic N) is 3. The molecule has 1 atom stereocenters. The van der Waals surface area contributed by atoms with Gasteiger partial charge in [-0.05, 0) is 81.4 Å². The van der Waals surface area contributed by atoms with Crippen LogP contribution in [0.4, 0.5) is 0 Å². The van der Waals surface area contributed by atoms with Gasteiger partial charge in [0.2, 0.25) is 0 Å². The van der Waals surface area contributed by atoms with Crippen molar-refractivity contribution in [1.82, 2.24) is 5.32 Å². The second kappa shape index (κ2) is 13.0. The minimum Gasteiger partial charge on any atom is -0.344 e. The van der Waals surface area contributed by atoms with Crippen LogP contribution in [-0.2, 0) is 0 Å². The molecule has 1 aliphatic rings. The van der Waals surface area contributed by atoms with Gasteiger partial charge in [-0.25, -0.2) is 9.98 Å². The number of benzene rings is 7. The summed E-state index contributed by atoms with van der Waals surface area (Å²) >= 11 is 1.79. The molecule has 0 bridgehead atoms. The first-order chi connectivity index (χ1) is 25.2. The third kappa shape index (κ3) is 5.88. The Morgan fingerprint density at radius 3 is 1.86 bits per heavy atom. The van der Waals surface area contributed by atoms with Crippen LogP contribution in [0.2, 0.25) is 0 Å². The van der Waals surface area contributed by atoms with Gasteiger partial charge in [-0.3, -0.25) is 0 Å². The number of hydrogen-bond donors (Lipinski definition) is 1. The van der Waals surface area contributed by atoms with E-state index in [0.29, 0.717) is 11.4 Å². The molecule has 7 aromatic carbocycles. The van der Waals surface area contributed by atoms with Crippen molar-refractivity contribution in [1.29, 1.82) is 5.26 Å². The predicted molar refractivity (Wildman–Crippen MR) is 212 cm³/mol. The normalized spacial score (nSPS) is 14.1. The molecule has 0 amide bonds. The first kappa shape index (κ1) is 30.4. The van der Waals surface area contributed by atoms with Gasteiger partial charge in [-0.15, -0.1) is 11.3 Å². The highest BCUT2D eigenvalue weighted by atomic mass is 32.1. The minimum atomic E-state index is -0.335. The van der Waals surface area contributed by atoms with E-state index in [2.05, 4.69) is 139 Å². The van der Waals surface area contributed by atoms with E-state index in [1.165, 1.54) is 42.6 Å². The lowest BCUT2D eigenvalue weighted by molar-refractivity contribution is 0.674. The van der Waals surface area contributed by atoms with Gasteiger partial charge in [-0.1, -0.05) is 127 Å². The first-order valence-corrected chi connectivity index (χ1v) is 17.7. The van der Waals surface area contributed by atoms with Crippen LogP contribution in [0.25, 0.3) is 53.6 Å². The predicted octanol–water partition coefficient (Wildman–Crippen LogP) is 11.4. The molecule has 0 saturated carbocycles. The molecular formula is C46H30N4S. The number of fused-ring (bicyclic) bond motifs is 3. The van der Waals surface area contributed by atoms with Gasteiger partial charge in [-0.2, -0.15) is 5.26 Å². The summed E-state index contributed by atoms with van der Waals surface area (Å²) in [4.78, 5) is 10.1. The molecule has 0 saturated heterocycles. The zero-order valence-electron chi connectivity index (χ0n) is 27.5. The third-order valence-corrected chi connectivity index (χ3v) is 10.5. The maximum Gasteiger partial charge on any atom is 0.159 e. The summed E-state index contributed by atoms with van der Waals surface area (Å²) in [6.45, 7) is 0. The number of thiophene rings is 1. The van der Waals surface area contributed by atoms with E-state index in [9.17, 15) is 5.26 Å². The Kier molecular flexibility index (Phi) is 7.77. The number of aliphatic imine (C=N–C) groups is 2. The number of nitrogens with one attached hydrogen (secondary N) is 1. The molecule has 0 radical (unpaired) electrons. The molecule has 0 aliphatic carbocycles. The molecule has 2 heterocycles. The van der Waals surface area contributed by atoms with Crippen molar-refractivity contribution in [3.8, 4) is 39.4 Å². The topological polar surface area (TPSA) is 60.5 Å². The van der Waals surface area contributed by atoms with E-state index in [1.807, 2.05) is 36.4 Å². The molecule has 1 N–H and O–H groups in total. The number of amidine groups is 2. The van der Waals surface area contributed by atoms with Crippen LogP contribution in [0.5, 0.6) is 0 Å².